The van der Waals surface area contributed by atoms with E-state index in [1.807, 2.05) is 0 Å². The minimum Gasteiger partial charge on any atom is -0.393 e. The lowest BCUT2D eigenvalue weighted by atomic mass is 10.2. The van der Waals surface area contributed by atoms with Crippen LogP contribution in [0.15, 0.2) is 22.7 Å². The van der Waals surface area contributed by atoms with Gasteiger partial charge in [0.2, 0.25) is 5.82 Å². The second-order valence-electron chi connectivity index (χ2n) is 3.87. The van der Waals surface area contributed by atoms with Crippen LogP contribution in [-0.4, -0.2) is 22.2 Å². The van der Waals surface area contributed by atoms with Crippen molar-refractivity contribution in [3.8, 4) is 11.5 Å². The van der Waals surface area contributed by atoms with E-state index in [9.17, 15) is 10.1 Å². The normalized spacial score (nSPS) is 12.3. The molecular formula is C11H12N4O4. The highest BCUT2D eigenvalue weighted by Gasteiger charge is 2.18. The van der Waals surface area contributed by atoms with Crippen LogP contribution >= 0.6 is 0 Å². The molecule has 19 heavy (non-hydrogen) atoms. The van der Waals surface area contributed by atoms with E-state index >= 15 is 0 Å². The number of benzene rings is 1. The SMILES string of the molecule is COC(C)c1noc(-c2ccc(N)c([N+](=O)[O-])c2)n1. The zero-order valence-corrected chi connectivity index (χ0v) is 10.4. The van der Waals surface area contributed by atoms with Crippen molar-refractivity contribution < 1.29 is 14.2 Å². The second kappa shape index (κ2) is 5.02. The van der Waals surface area contributed by atoms with Crippen LogP contribution in [-0.2, 0) is 4.74 Å². The van der Waals surface area contributed by atoms with E-state index in [2.05, 4.69) is 10.1 Å². The molecule has 2 rings (SSSR count). The summed E-state index contributed by atoms with van der Waals surface area (Å²) in [5.41, 5.74) is 5.83. The van der Waals surface area contributed by atoms with Crippen molar-refractivity contribution in [3.05, 3.63) is 34.1 Å². The Morgan fingerprint density at radius 3 is 2.89 bits per heavy atom. The van der Waals surface area contributed by atoms with Gasteiger partial charge in [0, 0.05) is 18.7 Å². The zero-order chi connectivity index (χ0) is 14.0. The Balaban J connectivity index is 2.39. The molecule has 8 heteroatoms. The number of hydrogen-bond acceptors (Lipinski definition) is 7. The first kappa shape index (κ1) is 13.0. The van der Waals surface area contributed by atoms with E-state index in [0.29, 0.717) is 11.4 Å². The van der Waals surface area contributed by atoms with Crippen LogP contribution in [0.1, 0.15) is 18.9 Å². The van der Waals surface area contributed by atoms with Crippen LogP contribution < -0.4 is 5.73 Å². The number of nitrogens with two attached hydrogens (primary N) is 1. The predicted octanol–water partition coefficient (Wildman–Crippen LogP) is 1.93. The topological polar surface area (TPSA) is 117 Å². The second-order valence-corrected chi connectivity index (χ2v) is 3.87. The molecule has 0 aliphatic heterocycles. The van der Waals surface area contributed by atoms with Crippen molar-refractivity contribution in [2.24, 2.45) is 0 Å². The zero-order valence-electron chi connectivity index (χ0n) is 10.4. The smallest absolute Gasteiger partial charge is 0.292 e. The van der Waals surface area contributed by atoms with E-state index in [1.54, 1.807) is 13.0 Å². The first-order chi connectivity index (χ1) is 9.02. The van der Waals surface area contributed by atoms with E-state index in [0.717, 1.165) is 0 Å². The van der Waals surface area contributed by atoms with Gasteiger partial charge in [0.25, 0.3) is 11.6 Å². The molecule has 0 amide bonds. The number of nitrogens with zero attached hydrogens (tertiary/aromatic N) is 3. The van der Waals surface area contributed by atoms with Gasteiger partial charge in [-0.25, -0.2) is 0 Å². The monoisotopic (exact) mass is 264 g/mol. The molecule has 0 saturated carbocycles. The Kier molecular flexibility index (Phi) is 3.43. The average Bonchev–Trinajstić information content (AvgIpc) is 2.87. The number of aromatic nitrogens is 2. The number of hydrogen-bond donors (Lipinski definition) is 1. The quantitative estimate of drug-likeness (QED) is 0.509. The molecule has 2 aromatic rings. The van der Waals surface area contributed by atoms with Crippen molar-refractivity contribution in [2.75, 3.05) is 12.8 Å². The molecule has 0 aliphatic rings. The molecule has 0 spiro atoms. The van der Waals surface area contributed by atoms with E-state index < -0.39 is 4.92 Å². The maximum absolute atomic E-state index is 10.8. The molecule has 1 aromatic heterocycles. The third-order valence-electron chi connectivity index (χ3n) is 2.63. The molecular weight excluding hydrogens is 252 g/mol. The third kappa shape index (κ3) is 2.52. The number of ether oxygens (including phenoxy) is 1. The van der Waals surface area contributed by atoms with Gasteiger partial charge in [-0.05, 0) is 19.1 Å². The van der Waals surface area contributed by atoms with Gasteiger partial charge in [0.15, 0.2) is 0 Å². The van der Waals surface area contributed by atoms with Crippen LogP contribution in [0.25, 0.3) is 11.5 Å². The average molecular weight is 264 g/mol. The fraction of sp³-hybridized carbons (Fsp3) is 0.273. The summed E-state index contributed by atoms with van der Waals surface area (Å²) in [5, 5.41) is 14.6. The molecule has 100 valence electrons. The van der Waals surface area contributed by atoms with Crippen molar-refractivity contribution >= 4 is 11.4 Å². The van der Waals surface area contributed by atoms with Crippen molar-refractivity contribution in [3.63, 3.8) is 0 Å². The minimum absolute atomic E-state index is 0.0822. The number of nitrogen functional groups attached to an aromatic ring is 1. The summed E-state index contributed by atoms with van der Waals surface area (Å²) in [6.07, 6.45) is -0.318. The number of nitro groups is 1. The van der Waals surface area contributed by atoms with Gasteiger partial charge in [-0.1, -0.05) is 5.16 Å². The summed E-state index contributed by atoms with van der Waals surface area (Å²) in [6.45, 7) is 1.76. The van der Waals surface area contributed by atoms with Crippen molar-refractivity contribution in [2.45, 2.75) is 13.0 Å². The largest absolute Gasteiger partial charge is 0.393 e. The van der Waals surface area contributed by atoms with Gasteiger partial charge < -0.3 is 15.0 Å². The summed E-state index contributed by atoms with van der Waals surface area (Å²) in [7, 11) is 1.52. The van der Waals surface area contributed by atoms with Gasteiger partial charge >= 0.3 is 0 Å². The Bertz CT molecular complexity index is 610. The van der Waals surface area contributed by atoms with Gasteiger partial charge in [0.1, 0.15) is 11.8 Å². The molecule has 0 radical (unpaired) electrons. The number of methoxy groups -OCH3 is 1. The van der Waals surface area contributed by atoms with Gasteiger partial charge in [0.05, 0.1) is 4.92 Å². The first-order valence-electron chi connectivity index (χ1n) is 5.43. The lowest BCUT2D eigenvalue weighted by Crippen LogP contribution is -1.98. The minimum atomic E-state index is -0.562. The highest BCUT2D eigenvalue weighted by atomic mass is 16.6. The Labute approximate surface area is 108 Å². The van der Waals surface area contributed by atoms with Crippen LogP contribution in [0, 0.1) is 10.1 Å². The van der Waals surface area contributed by atoms with Crippen LogP contribution in [0.2, 0.25) is 0 Å². The Hall–Kier alpha value is -2.48. The van der Waals surface area contributed by atoms with Crippen LogP contribution in [0.5, 0.6) is 0 Å². The van der Waals surface area contributed by atoms with Crippen LogP contribution in [0.3, 0.4) is 0 Å². The van der Waals surface area contributed by atoms with E-state index in [4.69, 9.17) is 15.0 Å². The van der Waals surface area contributed by atoms with Crippen molar-refractivity contribution in [1.29, 1.82) is 0 Å². The molecule has 2 N–H and O–H groups in total. The number of anilines is 1. The fourth-order valence-electron chi connectivity index (χ4n) is 1.46. The molecule has 0 aliphatic carbocycles. The van der Waals surface area contributed by atoms with E-state index in [1.165, 1.54) is 19.2 Å². The Morgan fingerprint density at radius 1 is 1.53 bits per heavy atom. The third-order valence-corrected chi connectivity index (χ3v) is 2.63. The molecule has 1 heterocycles. The lowest BCUT2D eigenvalue weighted by Gasteiger charge is -2.01. The lowest BCUT2D eigenvalue weighted by molar-refractivity contribution is -0.383. The van der Waals surface area contributed by atoms with Gasteiger partial charge in [-0.3, -0.25) is 10.1 Å². The highest BCUT2D eigenvalue weighted by molar-refractivity contribution is 5.67. The van der Waals surface area contributed by atoms with Gasteiger partial charge in [-0.2, -0.15) is 4.98 Å². The molecule has 8 nitrogen and oxygen atoms in total. The van der Waals surface area contributed by atoms with Crippen molar-refractivity contribution in [1.82, 2.24) is 10.1 Å². The maximum atomic E-state index is 10.8. The summed E-state index contributed by atoms with van der Waals surface area (Å²) in [5.74, 6) is 0.555. The summed E-state index contributed by atoms with van der Waals surface area (Å²) in [4.78, 5) is 14.4. The van der Waals surface area contributed by atoms with Crippen LogP contribution in [0.4, 0.5) is 11.4 Å². The fourth-order valence-corrected chi connectivity index (χ4v) is 1.46. The first-order valence-corrected chi connectivity index (χ1v) is 5.43. The standard InChI is InChI=1S/C11H12N4O4/c1-6(18-2)10-13-11(19-14-10)7-3-4-8(12)9(5-7)15(16)17/h3-6H,12H2,1-2H3. The Morgan fingerprint density at radius 2 is 2.26 bits per heavy atom. The van der Waals surface area contributed by atoms with E-state index in [-0.39, 0.29) is 23.4 Å². The maximum Gasteiger partial charge on any atom is 0.292 e. The summed E-state index contributed by atoms with van der Waals surface area (Å²) >= 11 is 0. The summed E-state index contributed by atoms with van der Waals surface area (Å²) in [6, 6.07) is 4.30. The molecule has 0 fully saturated rings. The number of rotatable bonds is 4. The predicted molar refractivity (Wildman–Crippen MR) is 66.2 cm³/mol. The molecule has 1 unspecified atom stereocenters. The van der Waals surface area contributed by atoms with Gasteiger partial charge in [-0.15, -0.1) is 0 Å². The number of nitro benzene ring substituents is 1. The molecule has 1 atom stereocenters. The summed E-state index contributed by atoms with van der Waals surface area (Å²) < 4.78 is 10.1. The highest BCUT2D eigenvalue weighted by Crippen LogP contribution is 2.28. The molecule has 0 saturated heterocycles. The molecule has 1 aromatic carbocycles. The molecule has 0 bridgehead atoms.